The zero-order valence-corrected chi connectivity index (χ0v) is 11.0. The average molecular weight is 391 g/mol. The molecule has 0 aromatic rings. The fourth-order valence-corrected chi connectivity index (χ4v) is 1.93. The molecule has 0 aliphatic carbocycles. The van der Waals surface area contributed by atoms with Crippen molar-refractivity contribution in [2.24, 2.45) is 0 Å². The summed E-state index contributed by atoms with van der Waals surface area (Å²) >= 11 is 4.44. The molecular formula is C8H11I2NO. The molecule has 1 aliphatic heterocycles. The molecule has 4 heteroatoms. The van der Waals surface area contributed by atoms with E-state index in [1.165, 1.54) is 6.42 Å². The first-order chi connectivity index (χ1) is 5.70. The molecule has 1 heterocycles. The Hall–Kier alpha value is 0.670. The molecule has 1 aliphatic rings. The highest BCUT2D eigenvalue weighted by atomic mass is 127. The molecule has 12 heavy (non-hydrogen) atoms. The fourth-order valence-electron chi connectivity index (χ4n) is 1.26. The summed E-state index contributed by atoms with van der Waals surface area (Å²) in [5.74, 6) is 0.276. The molecule has 0 bridgehead atoms. The van der Waals surface area contributed by atoms with Crippen molar-refractivity contribution in [3.8, 4) is 0 Å². The first kappa shape index (κ1) is 10.7. The Morgan fingerprint density at radius 1 is 1.33 bits per heavy atom. The monoisotopic (exact) mass is 391 g/mol. The highest BCUT2D eigenvalue weighted by Gasteiger charge is 2.14. The third kappa shape index (κ3) is 3.59. The van der Waals surface area contributed by atoms with Crippen LogP contribution in [0.5, 0.6) is 0 Å². The van der Waals surface area contributed by atoms with E-state index in [4.69, 9.17) is 0 Å². The van der Waals surface area contributed by atoms with E-state index in [1.807, 2.05) is 11.1 Å². The van der Waals surface area contributed by atoms with Gasteiger partial charge in [0.05, 0.1) is 1.59 Å². The Bertz CT molecular complexity index is 199. The van der Waals surface area contributed by atoms with Gasteiger partial charge in [-0.3, -0.25) is 4.79 Å². The second-order valence-corrected chi connectivity index (χ2v) is 7.21. The lowest BCUT2D eigenvalue weighted by molar-refractivity contribution is -0.128. The van der Waals surface area contributed by atoms with Gasteiger partial charge in [-0.25, -0.2) is 0 Å². The number of amides is 1. The van der Waals surface area contributed by atoms with Crippen LogP contribution in [0.3, 0.4) is 0 Å². The molecule has 0 radical (unpaired) electrons. The Kier molecular flexibility index (Phi) is 4.85. The highest BCUT2D eigenvalue weighted by molar-refractivity contribution is 14.2. The minimum atomic E-state index is 0.276. The lowest BCUT2D eigenvalue weighted by Gasteiger charge is -2.14. The van der Waals surface area contributed by atoms with E-state index in [2.05, 4.69) is 45.2 Å². The summed E-state index contributed by atoms with van der Waals surface area (Å²) in [6.07, 6.45) is 6.05. The molecule has 1 fully saturated rings. The lowest BCUT2D eigenvalue weighted by atomic mass is 10.2. The van der Waals surface area contributed by atoms with E-state index in [0.29, 0.717) is 0 Å². The zero-order chi connectivity index (χ0) is 8.97. The van der Waals surface area contributed by atoms with Crippen LogP contribution in [0.1, 0.15) is 25.7 Å². The van der Waals surface area contributed by atoms with Crippen LogP contribution in [-0.2, 0) is 4.79 Å². The number of likely N-dealkylation sites (tertiary alicyclic amines) is 1. The predicted octanol–water partition coefficient (Wildman–Crippen LogP) is 3.06. The number of rotatable bonds is 1. The van der Waals surface area contributed by atoms with Crippen molar-refractivity contribution in [1.29, 1.82) is 0 Å². The van der Waals surface area contributed by atoms with Gasteiger partial charge in [-0.1, -0.05) is 6.42 Å². The maximum atomic E-state index is 11.4. The minimum Gasteiger partial charge on any atom is -0.318 e. The molecule has 1 saturated heterocycles. The lowest BCUT2D eigenvalue weighted by Crippen LogP contribution is -2.24. The Labute approximate surface area is 100 Å². The smallest absolute Gasteiger partial charge is 0.226 e. The van der Waals surface area contributed by atoms with E-state index >= 15 is 0 Å². The molecule has 1 amide bonds. The van der Waals surface area contributed by atoms with Crippen molar-refractivity contribution in [2.75, 3.05) is 6.54 Å². The molecule has 0 aromatic carbocycles. The summed E-state index contributed by atoms with van der Waals surface area (Å²) < 4.78 is 1.14. The average Bonchev–Trinajstić information content (AvgIpc) is 2.16. The Balaban J connectivity index is 2.59. The van der Waals surface area contributed by atoms with Gasteiger partial charge in [0.2, 0.25) is 5.91 Å². The van der Waals surface area contributed by atoms with Crippen LogP contribution in [0.25, 0.3) is 0 Å². The molecule has 0 spiro atoms. The molecule has 0 N–H and O–H groups in total. The Morgan fingerprint density at radius 3 is 2.75 bits per heavy atom. The predicted molar refractivity (Wildman–Crippen MR) is 66.3 cm³/mol. The second-order valence-electron chi connectivity index (χ2n) is 2.82. The van der Waals surface area contributed by atoms with Gasteiger partial charge in [0.1, 0.15) is 0 Å². The third-order valence-corrected chi connectivity index (χ3v) is 2.42. The van der Waals surface area contributed by atoms with Crippen LogP contribution < -0.4 is 0 Å². The minimum absolute atomic E-state index is 0.276. The fraction of sp³-hybridized carbons (Fsp3) is 0.625. The summed E-state index contributed by atoms with van der Waals surface area (Å²) in [7, 11) is 0. The Morgan fingerprint density at radius 2 is 2.08 bits per heavy atom. The van der Waals surface area contributed by atoms with Crippen molar-refractivity contribution >= 4 is 51.1 Å². The number of halogens is 2. The van der Waals surface area contributed by atoms with E-state index in [-0.39, 0.29) is 5.91 Å². The first-order valence-electron chi connectivity index (χ1n) is 4.02. The third-order valence-electron chi connectivity index (χ3n) is 1.86. The number of hydrogen-bond donors (Lipinski definition) is 0. The number of nitrogens with zero attached hydrogens (tertiary/aromatic N) is 1. The maximum Gasteiger partial charge on any atom is 0.226 e. The summed E-state index contributed by atoms with van der Waals surface area (Å²) in [6, 6.07) is 0. The standard InChI is InChI=1S/C8H11I2NO/c9-7(10)6-11-5-3-1-2-4-8(11)12/h6H,1-5H2. The van der Waals surface area contributed by atoms with Gasteiger partial charge in [-0.05, 0) is 58.0 Å². The van der Waals surface area contributed by atoms with E-state index in [1.54, 1.807) is 0 Å². The summed E-state index contributed by atoms with van der Waals surface area (Å²) in [4.78, 5) is 13.3. The van der Waals surface area contributed by atoms with Gasteiger partial charge >= 0.3 is 0 Å². The van der Waals surface area contributed by atoms with Gasteiger partial charge in [0, 0.05) is 19.2 Å². The van der Waals surface area contributed by atoms with Crippen LogP contribution >= 0.6 is 45.2 Å². The van der Waals surface area contributed by atoms with E-state index < -0.39 is 0 Å². The number of hydrogen-bond acceptors (Lipinski definition) is 1. The molecule has 2 nitrogen and oxygen atoms in total. The second kappa shape index (κ2) is 5.41. The summed E-state index contributed by atoms with van der Waals surface area (Å²) in [6.45, 7) is 0.897. The number of carbonyl (C=O) groups is 1. The molecule has 0 aromatic heterocycles. The molecule has 0 atom stereocenters. The topological polar surface area (TPSA) is 20.3 Å². The molecule has 0 saturated carbocycles. The van der Waals surface area contributed by atoms with Crippen LogP contribution in [0.4, 0.5) is 0 Å². The molecule has 0 unspecified atom stereocenters. The van der Waals surface area contributed by atoms with Crippen molar-refractivity contribution in [2.45, 2.75) is 25.7 Å². The molecular weight excluding hydrogens is 380 g/mol. The van der Waals surface area contributed by atoms with Gasteiger partial charge in [0.15, 0.2) is 0 Å². The van der Waals surface area contributed by atoms with E-state index in [9.17, 15) is 4.79 Å². The maximum absolute atomic E-state index is 11.4. The quantitative estimate of drug-likeness (QED) is 0.630. The first-order valence-corrected chi connectivity index (χ1v) is 6.18. The molecule has 1 rings (SSSR count). The van der Waals surface area contributed by atoms with E-state index in [0.717, 1.165) is 27.4 Å². The number of carbonyl (C=O) groups excluding carboxylic acids is 1. The van der Waals surface area contributed by atoms with Crippen molar-refractivity contribution in [3.63, 3.8) is 0 Å². The van der Waals surface area contributed by atoms with Crippen LogP contribution in [0.2, 0.25) is 0 Å². The SMILES string of the molecule is O=C1CCCCCN1C=C(I)I. The largest absolute Gasteiger partial charge is 0.318 e. The normalized spacial score (nSPS) is 18.8. The van der Waals surface area contributed by atoms with Crippen LogP contribution in [0.15, 0.2) is 7.79 Å². The summed E-state index contributed by atoms with van der Waals surface area (Å²) in [5, 5.41) is 0. The van der Waals surface area contributed by atoms with Crippen molar-refractivity contribution in [1.82, 2.24) is 4.90 Å². The van der Waals surface area contributed by atoms with Gasteiger partial charge in [-0.2, -0.15) is 0 Å². The zero-order valence-electron chi connectivity index (χ0n) is 6.72. The summed E-state index contributed by atoms with van der Waals surface area (Å²) in [5.41, 5.74) is 0. The van der Waals surface area contributed by atoms with Gasteiger partial charge < -0.3 is 4.90 Å². The van der Waals surface area contributed by atoms with Gasteiger partial charge in [-0.15, -0.1) is 0 Å². The van der Waals surface area contributed by atoms with Crippen LogP contribution in [0, 0.1) is 0 Å². The van der Waals surface area contributed by atoms with Gasteiger partial charge in [0.25, 0.3) is 0 Å². The highest BCUT2D eigenvalue weighted by Crippen LogP contribution is 2.18. The van der Waals surface area contributed by atoms with Crippen molar-refractivity contribution < 1.29 is 4.79 Å². The van der Waals surface area contributed by atoms with Crippen LogP contribution in [-0.4, -0.2) is 17.4 Å². The molecule has 68 valence electrons. The van der Waals surface area contributed by atoms with Crippen molar-refractivity contribution in [3.05, 3.63) is 7.79 Å².